The third-order valence-electron chi connectivity index (χ3n) is 3.54. The van der Waals surface area contributed by atoms with E-state index >= 15 is 0 Å². The van der Waals surface area contributed by atoms with Crippen LogP contribution in [-0.2, 0) is 9.59 Å². The molecule has 0 fully saturated rings. The number of carbonyl (C=O) groups is 2. The number of hydrogen-bond acceptors (Lipinski definition) is 4. The molecule has 0 radical (unpaired) electrons. The van der Waals surface area contributed by atoms with Crippen molar-refractivity contribution in [3.63, 3.8) is 0 Å². The monoisotopic (exact) mass is 385 g/mol. The second-order valence-corrected chi connectivity index (χ2v) is 6.97. The molecule has 6 nitrogen and oxygen atoms in total. The molecule has 1 aromatic carbocycles. The van der Waals surface area contributed by atoms with E-state index in [-0.39, 0.29) is 43.4 Å². The van der Waals surface area contributed by atoms with Crippen molar-refractivity contribution in [3.05, 3.63) is 29.8 Å². The molecule has 0 spiro atoms. The maximum atomic E-state index is 12.2. The Morgan fingerprint density at radius 3 is 2.31 bits per heavy atom. The molecule has 0 aliphatic rings. The van der Waals surface area contributed by atoms with Crippen molar-refractivity contribution in [1.29, 1.82) is 0 Å². The van der Waals surface area contributed by atoms with Crippen LogP contribution in [0, 0.1) is 11.8 Å². The standard InChI is InChI=1S/C19H31N3O3.ClH/c1-13(2)9-16(22-19(24)11-21-18(23)10-20)15-7-5-6-8-17(15)25-12-14(3)4;/h5-8,13-14,16H,9-12,20H2,1-4H3,(H,21,23)(H,22,24);1H. The van der Waals surface area contributed by atoms with E-state index in [0.29, 0.717) is 18.4 Å². The van der Waals surface area contributed by atoms with Crippen molar-refractivity contribution in [1.82, 2.24) is 10.6 Å². The molecule has 1 aromatic rings. The third-order valence-corrected chi connectivity index (χ3v) is 3.54. The van der Waals surface area contributed by atoms with Crippen LogP contribution >= 0.6 is 12.4 Å². The first-order valence-electron chi connectivity index (χ1n) is 8.81. The molecule has 0 aromatic heterocycles. The highest BCUT2D eigenvalue weighted by atomic mass is 35.5. The van der Waals surface area contributed by atoms with Crippen LogP contribution in [0.3, 0.4) is 0 Å². The number of amides is 2. The van der Waals surface area contributed by atoms with Gasteiger partial charge in [-0.25, -0.2) is 0 Å². The summed E-state index contributed by atoms with van der Waals surface area (Å²) < 4.78 is 5.92. The molecule has 2 amide bonds. The number of benzene rings is 1. The van der Waals surface area contributed by atoms with E-state index in [0.717, 1.165) is 17.7 Å². The zero-order valence-corrected chi connectivity index (χ0v) is 16.9. The molecular weight excluding hydrogens is 354 g/mol. The quantitative estimate of drug-likeness (QED) is 0.576. The van der Waals surface area contributed by atoms with E-state index in [1.807, 2.05) is 24.3 Å². The van der Waals surface area contributed by atoms with Crippen molar-refractivity contribution in [3.8, 4) is 5.75 Å². The number of hydrogen-bond donors (Lipinski definition) is 3. The van der Waals surface area contributed by atoms with Gasteiger partial charge < -0.3 is 21.1 Å². The van der Waals surface area contributed by atoms with Gasteiger partial charge in [0, 0.05) is 5.56 Å². The van der Waals surface area contributed by atoms with E-state index in [1.165, 1.54) is 0 Å². The summed E-state index contributed by atoms with van der Waals surface area (Å²) in [4.78, 5) is 23.4. The number of nitrogens with one attached hydrogen (secondary N) is 2. The van der Waals surface area contributed by atoms with Gasteiger partial charge in [0.15, 0.2) is 0 Å². The fourth-order valence-electron chi connectivity index (χ4n) is 2.39. The Morgan fingerprint density at radius 1 is 1.08 bits per heavy atom. The SMILES string of the molecule is CC(C)COc1ccccc1C(CC(C)C)NC(=O)CNC(=O)CN.Cl. The third kappa shape index (κ3) is 9.06. The first-order valence-corrected chi connectivity index (χ1v) is 8.81. The average Bonchev–Trinajstić information content (AvgIpc) is 2.57. The lowest BCUT2D eigenvalue weighted by atomic mass is 9.96. The van der Waals surface area contributed by atoms with Crippen LogP contribution in [0.1, 0.15) is 45.7 Å². The normalized spacial score (nSPS) is 11.7. The highest BCUT2D eigenvalue weighted by Gasteiger charge is 2.20. The summed E-state index contributed by atoms with van der Waals surface area (Å²) >= 11 is 0. The van der Waals surface area contributed by atoms with Gasteiger partial charge in [0.2, 0.25) is 11.8 Å². The maximum absolute atomic E-state index is 12.2. The summed E-state index contributed by atoms with van der Waals surface area (Å²) in [5.74, 6) is 0.996. The lowest BCUT2D eigenvalue weighted by Crippen LogP contribution is -2.41. The van der Waals surface area contributed by atoms with Crippen molar-refractivity contribution >= 4 is 24.2 Å². The summed E-state index contributed by atoms with van der Waals surface area (Å²) in [5.41, 5.74) is 6.19. The summed E-state index contributed by atoms with van der Waals surface area (Å²) in [6.07, 6.45) is 0.776. The molecule has 26 heavy (non-hydrogen) atoms. The van der Waals surface area contributed by atoms with Crippen molar-refractivity contribution in [2.45, 2.75) is 40.2 Å². The van der Waals surface area contributed by atoms with Crippen LogP contribution < -0.4 is 21.1 Å². The van der Waals surface area contributed by atoms with Gasteiger partial charge in [-0.2, -0.15) is 0 Å². The minimum Gasteiger partial charge on any atom is -0.493 e. The van der Waals surface area contributed by atoms with Gasteiger partial charge in [0.1, 0.15) is 5.75 Å². The van der Waals surface area contributed by atoms with E-state index in [4.69, 9.17) is 10.5 Å². The number of halogens is 1. The van der Waals surface area contributed by atoms with Crippen molar-refractivity contribution < 1.29 is 14.3 Å². The van der Waals surface area contributed by atoms with Crippen LogP contribution in [0.5, 0.6) is 5.75 Å². The Morgan fingerprint density at radius 2 is 1.73 bits per heavy atom. The van der Waals surface area contributed by atoms with Gasteiger partial charge >= 0.3 is 0 Å². The summed E-state index contributed by atoms with van der Waals surface area (Å²) in [7, 11) is 0. The Hall–Kier alpha value is -1.79. The molecule has 1 unspecified atom stereocenters. The Balaban J connectivity index is 0.00000625. The second kappa shape index (κ2) is 12.5. The Labute approximate surface area is 162 Å². The number of rotatable bonds is 10. The average molecular weight is 386 g/mol. The zero-order valence-electron chi connectivity index (χ0n) is 16.1. The van der Waals surface area contributed by atoms with Crippen LogP contribution in [0.15, 0.2) is 24.3 Å². The fraction of sp³-hybridized carbons (Fsp3) is 0.579. The first kappa shape index (κ1) is 24.2. The number of nitrogens with two attached hydrogens (primary N) is 1. The summed E-state index contributed by atoms with van der Waals surface area (Å²) in [6, 6.07) is 7.59. The zero-order chi connectivity index (χ0) is 18.8. The van der Waals surface area contributed by atoms with Crippen molar-refractivity contribution in [2.75, 3.05) is 19.7 Å². The van der Waals surface area contributed by atoms with Crippen LogP contribution in [0.2, 0.25) is 0 Å². The van der Waals surface area contributed by atoms with Gasteiger partial charge in [-0.3, -0.25) is 9.59 Å². The molecule has 1 rings (SSSR count). The smallest absolute Gasteiger partial charge is 0.239 e. The van der Waals surface area contributed by atoms with Crippen LogP contribution in [-0.4, -0.2) is 31.5 Å². The minimum atomic E-state index is -0.351. The highest BCUT2D eigenvalue weighted by Crippen LogP contribution is 2.29. The molecule has 1 atom stereocenters. The van der Waals surface area contributed by atoms with Gasteiger partial charge in [0.05, 0.1) is 25.7 Å². The van der Waals surface area contributed by atoms with Crippen molar-refractivity contribution in [2.24, 2.45) is 17.6 Å². The predicted molar refractivity (Wildman–Crippen MR) is 106 cm³/mol. The van der Waals surface area contributed by atoms with Gasteiger partial charge in [-0.05, 0) is 24.3 Å². The molecule has 0 aliphatic heterocycles. The Kier molecular flexibility index (Phi) is 11.7. The van der Waals surface area contributed by atoms with Gasteiger partial charge in [-0.1, -0.05) is 45.9 Å². The molecule has 0 saturated carbocycles. The Bertz CT molecular complexity index is 565. The minimum absolute atomic E-state index is 0. The molecule has 0 heterocycles. The number of ether oxygens (including phenoxy) is 1. The molecule has 148 valence electrons. The van der Waals surface area contributed by atoms with E-state index in [9.17, 15) is 9.59 Å². The molecular formula is C19H32ClN3O3. The fourth-order valence-corrected chi connectivity index (χ4v) is 2.39. The number of carbonyl (C=O) groups excluding carboxylic acids is 2. The summed E-state index contributed by atoms with van der Waals surface area (Å²) in [5, 5.41) is 5.49. The number of para-hydroxylation sites is 1. The second-order valence-electron chi connectivity index (χ2n) is 6.97. The van der Waals surface area contributed by atoms with E-state index in [2.05, 4.69) is 38.3 Å². The largest absolute Gasteiger partial charge is 0.493 e. The topological polar surface area (TPSA) is 93.5 Å². The maximum Gasteiger partial charge on any atom is 0.239 e. The van der Waals surface area contributed by atoms with E-state index < -0.39 is 0 Å². The molecule has 0 saturated heterocycles. The summed E-state index contributed by atoms with van der Waals surface area (Å²) in [6.45, 7) is 8.80. The lowest BCUT2D eigenvalue weighted by molar-refractivity contribution is -0.125. The van der Waals surface area contributed by atoms with Gasteiger partial charge in [-0.15, -0.1) is 12.4 Å². The molecule has 0 bridgehead atoms. The predicted octanol–water partition coefficient (Wildman–Crippen LogP) is 2.42. The lowest BCUT2D eigenvalue weighted by Gasteiger charge is -2.24. The molecule has 0 aliphatic carbocycles. The van der Waals surface area contributed by atoms with Crippen LogP contribution in [0.25, 0.3) is 0 Å². The first-order chi connectivity index (χ1) is 11.8. The van der Waals surface area contributed by atoms with Gasteiger partial charge in [0.25, 0.3) is 0 Å². The molecule has 7 heteroatoms. The van der Waals surface area contributed by atoms with Crippen LogP contribution in [0.4, 0.5) is 0 Å². The highest BCUT2D eigenvalue weighted by molar-refractivity contribution is 5.86. The molecule has 4 N–H and O–H groups in total. The van der Waals surface area contributed by atoms with E-state index in [1.54, 1.807) is 0 Å².